The Hall–Kier alpha value is -4.16. The molecular formula is C25H24F2N4O3. The molecule has 0 aliphatic heterocycles. The highest BCUT2D eigenvalue weighted by Gasteiger charge is 2.20. The Labute approximate surface area is 195 Å². The summed E-state index contributed by atoms with van der Waals surface area (Å²) in [5.74, 6) is -3.57. The topological polar surface area (TPSA) is 111 Å². The molecule has 34 heavy (non-hydrogen) atoms. The van der Waals surface area contributed by atoms with E-state index in [0.717, 1.165) is 22.4 Å². The van der Waals surface area contributed by atoms with Crippen LogP contribution in [0.15, 0.2) is 54.6 Å². The van der Waals surface area contributed by atoms with Gasteiger partial charge in [0, 0.05) is 18.2 Å². The van der Waals surface area contributed by atoms with Gasteiger partial charge < -0.3 is 16.0 Å². The van der Waals surface area contributed by atoms with Crippen LogP contribution in [0.25, 0.3) is 10.8 Å². The second-order valence-electron chi connectivity index (χ2n) is 7.20. The van der Waals surface area contributed by atoms with Crippen LogP contribution in [0.5, 0.6) is 0 Å². The molecule has 9 heteroatoms. The van der Waals surface area contributed by atoms with Crippen molar-refractivity contribution < 1.29 is 23.2 Å². The summed E-state index contributed by atoms with van der Waals surface area (Å²) in [5.41, 5.74) is 0.397. The van der Waals surface area contributed by atoms with Crippen LogP contribution < -0.4 is 16.0 Å². The van der Waals surface area contributed by atoms with E-state index in [1.807, 2.05) is 48.5 Å². The summed E-state index contributed by atoms with van der Waals surface area (Å²) < 4.78 is 28.0. The molecule has 0 bridgehead atoms. The van der Waals surface area contributed by atoms with Gasteiger partial charge in [0.1, 0.15) is 11.6 Å². The van der Waals surface area contributed by atoms with Crippen molar-refractivity contribution in [2.75, 3.05) is 13.6 Å². The maximum atomic E-state index is 14.2. The molecule has 0 aliphatic rings. The molecule has 7 nitrogen and oxygen atoms in total. The van der Waals surface area contributed by atoms with Gasteiger partial charge in [-0.1, -0.05) is 42.5 Å². The molecule has 0 aromatic heterocycles. The van der Waals surface area contributed by atoms with E-state index in [1.54, 1.807) is 14.0 Å². The Morgan fingerprint density at radius 1 is 1.12 bits per heavy atom. The molecule has 0 aliphatic carbocycles. The Morgan fingerprint density at radius 2 is 1.82 bits per heavy atom. The molecule has 0 heterocycles. The van der Waals surface area contributed by atoms with Crippen molar-refractivity contribution in [3.05, 3.63) is 82.9 Å². The lowest BCUT2D eigenvalue weighted by Gasteiger charge is -2.18. The minimum Gasteiger partial charge on any atom is -0.346 e. The fourth-order valence-corrected chi connectivity index (χ4v) is 3.26. The van der Waals surface area contributed by atoms with Gasteiger partial charge in [-0.15, -0.1) is 0 Å². The lowest BCUT2D eigenvalue weighted by Crippen LogP contribution is -2.30. The van der Waals surface area contributed by atoms with Gasteiger partial charge >= 0.3 is 0 Å². The van der Waals surface area contributed by atoms with Crippen molar-refractivity contribution in [2.24, 2.45) is 0 Å². The standard InChI is InChI=1S/C22H18F2N2O3.C3H6N2/c1-13(16-8-4-6-14-5-2-3-7-17(14)16)26-22(29)18-9-15(23)10-20(24)19(18)11-25-21(28)12-27;1-5-3-2-4/h2-10,12-13H,11H2,1H3,(H,25,28)(H,26,29);5H,3H2,1H3. The molecule has 0 spiro atoms. The van der Waals surface area contributed by atoms with Gasteiger partial charge in [0.2, 0.25) is 6.29 Å². The van der Waals surface area contributed by atoms with Gasteiger partial charge in [-0.3, -0.25) is 14.4 Å². The first-order chi connectivity index (χ1) is 16.3. The first-order valence-electron chi connectivity index (χ1n) is 10.3. The van der Waals surface area contributed by atoms with Crippen LogP contribution in [-0.4, -0.2) is 31.7 Å². The quantitative estimate of drug-likeness (QED) is 0.281. The van der Waals surface area contributed by atoms with Crippen molar-refractivity contribution in [1.82, 2.24) is 16.0 Å². The zero-order valence-corrected chi connectivity index (χ0v) is 18.7. The minimum atomic E-state index is -0.987. The highest BCUT2D eigenvalue weighted by atomic mass is 19.1. The number of nitriles is 1. The van der Waals surface area contributed by atoms with E-state index in [4.69, 9.17) is 5.26 Å². The van der Waals surface area contributed by atoms with E-state index in [2.05, 4.69) is 16.0 Å². The zero-order chi connectivity index (χ0) is 25.1. The molecule has 1 atom stereocenters. The summed E-state index contributed by atoms with van der Waals surface area (Å²) in [7, 11) is 1.74. The lowest BCUT2D eigenvalue weighted by molar-refractivity contribution is -0.131. The van der Waals surface area contributed by atoms with Crippen molar-refractivity contribution in [3.8, 4) is 6.07 Å². The third-order valence-corrected chi connectivity index (χ3v) is 4.84. The van der Waals surface area contributed by atoms with Crippen molar-refractivity contribution >= 4 is 28.9 Å². The van der Waals surface area contributed by atoms with Gasteiger partial charge in [0.25, 0.3) is 11.8 Å². The summed E-state index contributed by atoms with van der Waals surface area (Å²) in [6, 6.07) is 16.3. The number of carbonyl (C=O) groups is 3. The van der Waals surface area contributed by atoms with Gasteiger partial charge in [-0.2, -0.15) is 5.26 Å². The van der Waals surface area contributed by atoms with Gasteiger partial charge in [0.05, 0.1) is 24.2 Å². The molecule has 0 saturated heterocycles. The second-order valence-corrected chi connectivity index (χ2v) is 7.20. The van der Waals surface area contributed by atoms with E-state index in [9.17, 15) is 23.2 Å². The highest BCUT2D eigenvalue weighted by molar-refractivity contribution is 6.23. The average molecular weight is 466 g/mol. The maximum Gasteiger partial charge on any atom is 0.284 e. The fraction of sp³-hybridized carbons (Fsp3) is 0.200. The fourth-order valence-electron chi connectivity index (χ4n) is 3.26. The SMILES string of the molecule is CC(NC(=O)c1cc(F)cc(F)c1CNC(=O)C=O)c1cccc2ccccc12.CNCC#N. The molecular weight excluding hydrogens is 442 g/mol. The summed E-state index contributed by atoms with van der Waals surface area (Å²) in [5, 5.41) is 17.3. The number of halogens is 2. The normalized spacial score (nSPS) is 10.9. The molecule has 3 aromatic carbocycles. The molecule has 1 unspecified atom stereocenters. The number of carbonyl (C=O) groups excluding carboxylic acids is 3. The van der Waals surface area contributed by atoms with E-state index in [0.29, 0.717) is 12.6 Å². The average Bonchev–Trinajstić information content (AvgIpc) is 2.83. The monoisotopic (exact) mass is 466 g/mol. The molecule has 3 aromatic rings. The van der Waals surface area contributed by atoms with Crippen LogP contribution in [0.1, 0.15) is 34.5 Å². The Kier molecular flexibility index (Phi) is 9.80. The molecule has 0 radical (unpaired) electrons. The molecule has 176 valence electrons. The predicted molar refractivity (Wildman–Crippen MR) is 124 cm³/mol. The van der Waals surface area contributed by atoms with Gasteiger partial charge in [-0.25, -0.2) is 8.78 Å². The third kappa shape index (κ3) is 6.92. The van der Waals surface area contributed by atoms with Crippen LogP contribution >= 0.6 is 0 Å². The predicted octanol–water partition coefficient (Wildman–Crippen LogP) is 3.15. The minimum absolute atomic E-state index is 0.0315. The second kappa shape index (κ2) is 12.8. The number of rotatable bonds is 7. The number of nitrogens with one attached hydrogen (secondary N) is 3. The molecule has 0 saturated carbocycles. The number of amides is 2. The molecule has 3 N–H and O–H groups in total. The summed E-state index contributed by atoms with van der Waals surface area (Å²) >= 11 is 0. The smallest absolute Gasteiger partial charge is 0.284 e. The Morgan fingerprint density at radius 3 is 2.47 bits per heavy atom. The number of benzene rings is 3. The number of fused-ring (bicyclic) bond motifs is 1. The maximum absolute atomic E-state index is 14.2. The van der Waals surface area contributed by atoms with Crippen molar-refractivity contribution in [1.29, 1.82) is 5.26 Å². The number of hydrogen-bond acceptors (Lipinski definition) is 5. The molecule has 3 rings (SSSR count). The van der Waals surface area contributed by atoms with Crippen LogP contribution in [-0.2, 0) is 16.1 Å². The third-order valence-electron chi connectivity index (χ3n) is 4.84. The lowest BCUT2D eigenvalue weighted by atomic mass is 9.99. The first kappa shape index (κ1) is 26.1. The van der Waals surface area contributed by atoms with Crippen LogP contribution in [0.2, 0.25) is 0 Å². The van der Waals surface area contributed by atoms with Gasteiger partial charge in [-0.05, 0) is 36.4 Å². The van der Waals surface area contributed by atoms with Gasteiger partial charge in [0.15, 0.2) is 0 Å². The summed E-state index contributed by atoms with van der Waals surface area (Å²) in [6.07, 6.45) is 0.0315. The molecule has 0 fully saturated rings. The van der Waals surface area contributed by atoms with E-state index in [1.165, 1.54) is 0 Å². The van der Waals surface area contributed by atoms with E-state index in [-0.39, 0.29) is 17.4 Å². The van der Waals surface area contributed by atoms with Crippen LogP contribution in [0.3, 0.4) is 0 Å². The van der Waals surface area contributed by atoms with Crippen molar-refractivity contribution in [2.45, 2.75) is 19.5 Å². The Bertz CT molecular complexity index is 1220. The summed E-state index contributed by atoms with van der Waals surface area (Å²) in [6.45, 7) is 1.79. The Balaban J connectivity index is 0.000000739. The van der Waals surface area contributed by atoms with Crippen molar-refractivity contribution in [3.63, 3.8) is 0 Å². The van der Waals surface area contributed by atoms with Crippen LogP contribution in [0, 0.1) is 23.0 Å². The zero-order valence-electron chi connectivity index (χ0n) is 18.7. The van der Waals surface area contributed by atoms with Crippen LogP contribution in [0.4, 0.5) is 8.78 Å². The van der Waals surface area contributed by atoms with E-state index >= 15 is 0 Å². The summed E-state index contributed by atoms with van der Waals surface area (Å²) in [4.78, 5) is 34.4. The number of aldehydes is 1. The largest absolute Gasteiger partial charge is 0.346 e. The molecule has 2 amide bonds. The number of nitrogens with zero attached hydrogens (tertiary/aromatic N) is 1. The first-order valence-corrected chi connectivity index (χ1v) is 10.3. The van der Waals surface area contributed by atoms with E-state index < -0.39 is 36.0 Å². The highest BCUT2D eigenvalue weighted by Crippen LogP contribution is 2.25. The number of hydrogen-bond donors (Lipinski definition) is 3.